The molecular weight excluding hydrogens is 345 g/mol. The van der Waals surface area contributed by atoms with Gasteiger partial charge in [0.25, 0.3) is 5.91 Å². The molecule has 1 aliphatic carbocycles. The zero-order chi connectivity index (χ0) is 15.7. The third kappa shape index (κ3) is 3.38. The predicted molar refractivity (Wildman–Crippen MR) is 88.2 cm³/mol. The summed E-state index contributed by atoms with van der Waals surface area (Å²) >= 11 is 3.31. The summed E-state index contributed by atoms with van der Waals surface area (Å²) in [6.45, 7) is 2.04. The maximum atomic E-state index is 13.4. The number of carbonyl (C=O) groups excluding carboxylic acids is 1. The van der Waals surface area contributed by atoms with Crippen LogP contribution in [0.3, 0.4) is 0 Å². The Balaban J connectivity index is 1.83. The first-order valence-corrected chi connectivity index (χ1v) is 8.16. The molecule has 0 aliphatic heterocycles. The van der Waals surface area contributed by atoms with Crippen LogP contribution < -0.4 is 5.32 Å². The van der Waals surface area contributed by atoms with Gasteiger partial charge in [0.1, 0.15) is 5.82 Å². The average Bonchev–Trinajstić information content (AvgIpc) is 3.33. The lowest BCUT2D eigenvalue weighted by Gasteiger charge is -2.19. The molecule has 1 aliphatic rings. The first kappa shape index (κ1) is 15.2. The molecular formula is C18H17BrFNO. The fourth-order valence-electron chi connectivity index (χ4n) is 2.57. The van der Waals surface area contributed by atoms with E-state index in [0.717, 1.165) is 18.4 Å². The number of hydrogen-bond donors (Lipinski definition) is 1. The standard InChI is InChI=1S/C18H17BrFNO/c1-11-2-4-12(5-3-11)17(13-6-7-13)21-18(22)15-10-14(20)8-9-16(15)19/h2-5,8-10,13,17H,6-7H2,1H3,(H,21,22). The summed E-state index contributed by atoms with van der Waals surface area (Å²) in [5, 5.41) is 3.06. The Morgan fingerprint density at radius 2 is 1.91 bits per heavy atom. The van der Waals surface area contributed by atoms with E-state index in [1.165, 1.54) is 17.7 Å². The lowest BCUT2D eigenvalue weighted by atomic mass is 10.0. The third-order valence-electron chi connectivity index (χ3n) is 3.99. The maximum Gasteiger partial charge on any atom is 0.253 e. The molecule has 4 heteroatoms. The number of rotatable bonds is 4. The van der Waals surface area contributed by atoms with Crippen LogP contribution >= 0.6 is 15.9 Å². The molecule has 0 saturated heterocycles. The summed E-state index contributed by atoms with van der Waals surface area (Å²) < 4.78 is 14.0. The van der Waals surface area contributed by atoms with Crippen molar-refractivity contribution in [3.8, 4) is 0 Å². The van der Waals surface area contributed by atoms with E-state index in [9.17, 15) is 9.18 Å². The molecule has 1 atom stereocenters. The highest BCUT2D eigenvalue weighted by Crippen LogP contribution is 2.41. The van der Waals surface area contributed by atoms with E-state index >= 15 is 0 Å². The van der Waals surface area contributed by atoms with E-state index in [0.29, 0.717) is 16.0 Å². The van der Waals surface area contributed by atoms with Crippen molar-refractivity contribution in [3.63, 3.8) is 0 Å². The number of benzene rings is 2. The second-order valence-electron chi connectivity index (χ2n) is 5.82. The van der Waals surface area contributed by atoms with Gasteiger partial charge in [0.15, 0.2) is 0 Å². The quantitative estimate of drug-likeness (QED) is 0.834. The number of carbonyl (C=O) groups is 1. The molecule has 2 aromatic carbocycles. The lowest BCUT2D eigenvalue weighted by molar-refractivity contribution is 0.0930. The van der Waals surface area contributed by atoms with Crippen molar-refractivity contribution >= 4 is 21.8 Å². The molecule has 0 bridgehead atoms. The van der Waals surface area contributed by atoms with Crippen molar-refractivity contribution in [3.05, 3.63) is 69.4 Å². The van der Waals surface area contributed by atoms with Crippen LogP contribution in [-0.4, -0.2) is 5.91 Å². The molecule has 0 aromatic heterocycles. The molecule has 0 radical (unpaired) electrons. The molecule has 0 heterocycles. The summed E-state index contributed by atoms with van der Waals surface area (Å²) in [5.74, 6) is -0.186. The normalized spacial score (nSPS) is 15.4. The first-order valence-electron chi connectivity index (χ1n) is 7.37. The fraction of sp³-hybridized carbons (Fsp3) is 0.278. The van der Waals surface area contributed by atoms with Crippen LogP contribution in [0.4, 0.5) is 4.39 Å². The molecule has 22 heavy (non-hydrogen) atoms. The maximum absolute atomic E-state index is 13.4. The topological polar surface area (TPSA) is 29.1 Å². The van der Waals surface area contributed by atoms with Crippen molar-refractivity contribution in [1.29, 1.82) is 0 Å². The van der Waals surface area contributed by atoms with E-state index in [1.54, 1.807) is 6.07 Å². The molecule has 114 valence electrons. The number of aryl methyl sites for hydroxylation is 1. The Kier molecular flexibility index (Phi) is 4.30. The van der Waals surface area contributed by atoms with Gasteiger partial charge in [0.2, 0.25) is 0 Å². The SMILES string of the molecule is Cc1ccc(C(NC(=O)c2cc(F)ccc2Br)C2CC2)cc1. The number of amides is 1. The number of halogens is 2. The van der Waals surface area contributed by atoms with Gasteiger partial charge in [-0.2, -0.15) is 0 Å². The number of nitrogens with one attached hydrogen (secondary N) is 1. The second kappa shape index (κ2) is 6.21. The molecule has 3 rings (SSSR count). The van der Waals surface area contributed by atoms with Gasteiger partial charge < -0.3 is 5.32 Å². The Labute approximate surface area is 137 Å². The van der Waals surface area contributed by atoms with Crippen LogP contribution in [0.15, 0.2) is 46.9 Å². The van der Waals surface area contributed by atoms with Gasteiger partial charge in [-0.3, -0.25) is 4.79 Å². The zero-order valence-electron chi connectivity index (χ0n) is 12.3. The minimum atomic E-state index is -0.411. The molecule has 1 fully saturated rings. The van der Waals surface area contributed by atoms with Gasteiger partial charge in [0, 0.05) is 4.47 Å². The monoisotopic (exact) mass is 361 g/mol. The van der Waals surface area contributed by atoms with Gasteiger partial charge in [-0.05, 0) is 65.4 Å². The van der Waals surface area contributed by atoms with Crippen molar-refractivity contribution in [2.45, 2.75) is 25.8 Å². The highest BCUT2D eigenvalue weighted by Gasteiger charge is 2.33. The van der Waals surface area contributed by atoms with Crippen LogP contribution in [-0.2, 0) is 0 Å². The molecule has 2 aromatic rings. The molecule has 1 amide bonds. The molecule has 1 saturated carbocycles. The Morgan fingerprint density at radius 3 is 2.55 bits per heavy atom. The Bertz CT molecular complexity index is 695. The molecule has 1 unspecified atom stereocenters. The smallest absolute Gasteiger partial charge is 0.253 e. The Morgan fingerprint density at radius 1 is 1.23 bits per heavy atom. The summed E-state index contributed by atoms with van der Waals surface area (Å²) in [7, 11) is 0. The first-order chi connectivity index (χ1) is 10.5. The van der Waals surface area contributed by atoms with E-state index < -0.39 is 5.82 Å². The summed E-state index contributed by atoms with van der Waals surface area (Å²) in [5.41, 5.74) is 2.63. The fourth-order valence-corrected chi connectivity index (χ4v) is 2.99. The van der Waals surface area contributed by atoms with E-state index in [1.807, 2.05) is 6.92 Å². The van der Waals surface area contributed by atoms with Crippen molar-refractivity contribution in [2.24, 2.45) is 5.92 Å². The predicted octanol–water partition coefficient (Wildman–Crippen LogP) is 4.78. The van der Waals surface area contributed by atoms with Crippen LogP contribution in [0.25, 0.3) is 0 Å². The van der Waals surface area contributed by atoms with Crippen LogP contribution in [0.2, 0.25) is 0 Å². The number of hydrogen-bond acceptors (Lipinski definition) is 1. The largest absolute Gasteiger partial charge is 0.345 e. The lowest BCUT2D eigenvalue weighted by Crippen LogP contribution is -2.30. The van der Waals surface area contributed by atoms with Gasteiger partial charge in [-0.1, -0.05) is 29.8 Å². The van der Waals surface area contributed by atoms with E-state index in [2.05, 4.69) is 45.5 Å². The Hall–Kier alpha value is -1.68. The van der Waals surface area contributed by atoms with E-state index in [-0.39, 0.29) is 11.9 Å². The van der Waals surface area contributed by atoms with Gasteiger partial charge in [-0.25, -0.2) is 4.39 Å². The van der Waals surface area contributed by atoms with E-state index in [4.69, 9.17) is 0 Å². The summed E-state index contributed by atoms with van der Waals surface area (Å²) in [4.78, 5) is 12.5. The second-order valence-corrected chi connectivity index (χ2v) is 6.68. The molecule has 0 spiro atoms. The van der Waals surface area contributed by atoms with Crippen molar-refractivity contribution < 1.29 is 9.18 Å². The zero-order valence-corrected chi connectivity index (χ0v) is 13.9. The minimum Gasteiger partial charge on any atom is -0.345 e. The summed E-state index contributed by atoms with van der Waals surface area (Å²) in [6, 6.07) is 12.4. The minimum absolute atomic E-state index is 0.0109. The van der Waals surface area contributed by atoms with Gasteiger partial charge in [0.05, 0.1) is 11.6 Å². The highest BCUT2D eigenvalue weighted by atomic mass is 79.9. The van der Waals surface area contributed by atoms with Gasteiger partial charge >= 0.3 is 0 Å². The van der Waals surface area contributed by atoms with Crippen molar-refractivity contribution in [1.82, 2.24) is 5.32 Å². The molecule has 1 N–H and O–H groups in total. The third-order valence-corrected chi connectivity index (χ3v) is 4.68. The average molecular weight is 362 g/mol. The highest BCUT2D eigenvalue weighted by molar-refractivity contribution is 9.10. The molecule has 2 nitrogen and oxygen atoms in total. The summed E-state index contributed by atoms with van der Waals surface area (Å²) in [6.07, 6.45) is 2.23. The van der Waals surface area contributed by atoms with Crippen molar-refractivity contribution in [2.75, 3.05) is 0 Å². The van der Waals surface area contributed by atoms with Crippen LogP contribution in [0.1, 0.15) is 40.4 Å². The van der Waals surface area contributed by atoms with Crippen LogP contribution in [0, 0.1) is 18.7 Å². The van der Waals surface area contributed by atoms with Gasteiger partial charge in [-0.15, -0.1) is 0 Å². The van der Waals surface area contributed by atoms with Crippen LogP contribution in [0.5, 0.6) is 0 Å².